The van der Waals surface area contributed by atoms with E-state index in [2.05, 4.69) is 0 Å². The highest BCUT2D eigenvalue weighted by molar-refractivity contribution is 8.03. The number of methoxy groups -OCH3 is 1. The molecule has 0 N–H and O–H groups in total. The fourth-order valence-corrected chi connectivity index (χ4v) is 0.523. The minimum atomic E-state index is 0.430. The minimum Gasteiger partial charge on any atom is -0.382 e. The van der Waals surface area contributed by atoms with Crippen LogP contribution in [0.5, 0.6) is 0 Å². The topological polar surface area (TPSA) is 42.2 Å². The summed E-state index contributed by atoms with van der Waals surface area (Å²) >= 11 is 1.09. The number of nitriles is 1. The largest absolute Gasteiger partial charge is 0.382 e. The molecule has 0 aliphatic carbocycles. The average molecular weight is 147 g/mol. The molecule has 0 heterocycles. The lowest BCUT2D eigenvalue weighted by Gasteiger charge is -1.97. The Kier molecular flexibility index (Phi) is 7.55. The van der Waals surface area contributed by atoms with E-state index >= 15 is 0 Å². The number of thioether (sulfide) groups is 1. The maximum atomic E-state index is 8.02. The Morgan fingerprint density at radius 2 is 2.33 bits per heavy atom. The molecule has 0 aromatic rings. The van der Waals surface area contributed by atoms with Gasteiger partial charge < -0.3 is 9.47 Å². The van der Waals surface area contributed by atoms with Gasteiger partial charge in [-0.1, -0.05) is 0 Å². The fourth-order valence-electron chi connectivity index (χ4n) is 0.269. The molecule has 0 radical (unpaired) electrons. The summed E-state index contributed by atoms with van der Waals surface area (Å²) in [5, 5.41) is 9.92. The summed E-state index contributed by atoms with van der Waals surface area (Å²) in [6.45, 7) is 1.15. The number of rotatable bonds is 5. The Hall–Kier alpha value is -0.240. The fraction of sp³-hybridized carbons (Fsp3) is 0.800. The first-order valence-corrected chi connectivity index (χ1v) is 3.48. The standard InChI is InChI=1S/C5H9NO2S/c1-7-2-3-8-5-9-4-6/h2-3,5H2,1H3. The lowest BCUT2D eigenvalue weighted by molar-refractivity contribution is 0.0955. The van der Waals surface area contributed by atoms with Crippen molar-refractivity contribution in [2.24, 2.45) is 0 Å². The molecule has 0 aromatic carbocycles. The van der Waals surface area contributed by atoms with Crippen LogP contribution >= 0.6 is 11.8 Å². The van der Waals surface area contributed by atoms with Gasteiger partial charge in [-0.2, -0.15) is 5.26 Å². The van der Waals surface area contributed by atoms with Crippen LogP contribution in [-0.4, -0.2) is 26.3 Å². The first-order chi connectivity index (χ1) is 4.41. The molecule has 3 nitrogen and oxygen atoms in total. The summed E-state index contributed by atoms with van der Waals surface area (Å²) in [6.07, 6.45) is 0. The summed E-state index contributed by atoms with van der Waals surface area (Å²) in [5.74, 6) is 0.430. The lowest BCUT2D eigenvalue weighted by atomic mass is 10.8. The third-order valence-corrected chi connectivity index (χ3v) is 1.05. The van der Waals surface area contributed by atoms with Gasteiger partial charge >= 0.3 is 0 Å². The van der Waals surface area contributed by atoms with Crippen LogP contribution in [0, 0.1) is 10.7 Å². The number of thiocyanates is 1. The Bertz CT molecular complexity index is 91.4. The molecule has 0 amide bonds. The van der Waals surface area contributed by atoms with Crippen LogP contribution in [-0.2, 0) is 9.47 Å². The second-order valence-electron chi connectivity index (χ2n) is 1.25. The molecule has 0 aromatic heterocycles. The number of ether oxygens (including phenoxy) is 2. The first-order valence-electron chi connectivity index (χ1n) is 2.49. The normalized spacial score (nSPS) is 8.89. The Balaban J connectivity index is 2.69. The van der Waals surface area contributed by atoms with Crippen LogP contribution in [0.15, 0.2) is 0 Å². The highest BCUT2D eigenvalue weighted by Gasteiger charge is 1.84. The van der Waals surface area contributed by atoms with E-state index in [-0.39, 0.29) is 0 Å². The molecule has 0 aliphatic rings. The monoisotopic (exact) mass is 147 g/mol. The van der Waals surface area contributed by atoms with E-state index in [0.717, 1.165) is 11.8 Å². The second-order valence-corrected chi connectivity index (χ2v) is 1.96. The van der Waals surface area contributed by atoms with Crippen LogP contribution in [0.4, 0.5) is 0 Å². The molecule has 0 saturated heterocycles. The summed E-state index contributed by atoms with van der Waals surface area (Å²) in [7, 11) is 1.61. The highest BCUT2D eigenvalue weighted by atomic mass is 32.2. The number of hydrogen-bond donors (Lipinski definition) is 0. The molecule has 0 unspecified atom stereocenters. The Morgan fingerprint density at radius 1 is 1.56 bits per heavy atom. The third kappa shape index (κ3) is 7.76. The third-order valence-electron chi connectivity index (χ3n) is 0.639. The molecule has 52 valence electrons. The zero-order valence-corrected chi connectivity index (χ0v) is 6.11. The van der Waals surface area contributed by atoms with Crippen molar-refractivity contribution in [1.29, 1.82) is 5.26 Å². The highest BCUT2D eigenvalue weighted by Crippen LogP contribution is 1.94. The van der Waals surface area contributed by atoms with Crippen LogP contribution in [0.1, 0.15) is 0 Å². The van der Waals surface area contributed by atoms with Gasteiger partial charge in [0.1, 0.15) is 11.3 Å². The molecule has 0 rings (SSSR count). The van der Waals surface area contributed by atoms with Crippen LogP contribution in [0.3, 0.4) is 0 Å². The zero-order chi connectivity index (χ0) is 6.95. The van der Waals surface area contributed by atoms with Crippen LogP contribution < -0.4 is 0 Å². The van der Waals surface area contributed by atoms with Crippen molar-refractivity contribution in [3.8, 4) is 5.40 Å². The van der Waals surface area contributed by atoms with E-state index in [1.165, 1.54) is 0 Å². The van der Waals surface area contributed by atoms with Gasteiger partial charge in [-0.25, -0.2) is 0 Å². The van der Waals surface area contributed by atoms with Crippen LogP contribution in [0.2, 0.25) is 0 Å². The van der Waals surface area contributed by atoms with Gasteiger partial charge in [0.15, 0.2) is 0 Å². The van der Waals surface area contributed by atoms with Crippen molar-refractivity contribution >= 4 is 11.8 Å². The van der Waals surface area contributed by atoms with Gasteiger partial charge in [0.25, 0.3) is 0 Å². The maximum absolute atomic E-state index is 8.02. The summed E-state index contributed by atoms with van der Waals surface area (Å²) in [5.41, 5.74) is 0. The van der Waals surface area contributed by atoms with E-state index in [1.54, 1.807) is 7.11 Å². The van der Waals surface area contributed by atoms with Crippen molar-refractivity contribution < 1.29 is 9.47 Å². The predicted molar refractivity (Wildman–Crippen MR) is 35.9 cm³/mol. The summed E-state index contributed by atoms with van der Waals surface area (Å²) < 4.78 is 9.63. The lowest BCUT2D eigenvalue weighted by Crippen LogP contribution is -2.00. The molecule has 0 aliphatic heterocycles. The second kappa shape index (κ2) is 7.76. The van der Waals surface area contributed by atoms with Crippen molar-refractivity contribution in [3.63, 3.8) is 0 Å². The number of nitrogens with zero attached hydrogens (tertiary/aromatic N) is 1. The smallest absolute Gasteiger partial charge is 0.135 e. The van der Waals surface area contributed by atoms with Gasteiger partial charge in [0, 0.05) is 7.11 Å². The summed E-state index contributed by atoms with van der Waals surface area (Å²) in [4.78, 5) is 0. The van der Waals surface area contributed by atoms with Gasteiger partial charge in [-0.3, -0.25) is 0 Å². The van der Waals surface area contributed by atoms with Crippen molar-refractivity contribution in [2.45, 2.75) is 0 Å². The first kappa shape index (κ1) is 8.76. The number of hydrogen-bond acceptors (Lipinski definition) is 4. The van der Waals surface area contributed by atoms with E-state index in [1.807, 2.05) is 5.40 Å². The molecular weight excluding hydrogens is 138 g/mol. The molecule has 0 atom stereocenters. The molecule has 9 heavy (non-hydrogen) atoms. The van der Waals surface area contributed by atoms with E-state index < -0.39 is 0 Å². The van der Waals surface area contributed by atoms with Crippen LogP contribution in [0.25, 0.3) is 0 Å². The minimum absolute atomic E-state index is 0.430. The average Bonchev–Trinajstić information content (AvgIpc) is 1.89. The molecule has 0 saturated carbocycles. The summed E-state index contributed by atoms with van der Waals surface area (Å²) in [6, 6.07) is 0. The Labute approximate surface area is 58.9 Å². The predicted octanol–water partition coefficient (Wildman–Crippen LogP) is 0.821. The molecule has 0 fully saturated rings. The zero-order valence-electron chi connectivity index (χ0n) is 5.29. The van der Waals surface area contributed by atoms with Gasteiger partial charge in [-0.05, 0) is 11.8 Å². The Morgan fingerprint density at radius 3 is 2.89 bits per heavy atom. The quantitative estimate of drug-likeness (QED) is 0.328. The molecule has 4 heteroatoms. The van der Waals surface area contributed by atoms with Crippen molar-refractivity contribution in [3.05, 3.63) is 0 Å². The molecule has 0 spiro atoms. The van der Waals surface area contributed by atoms with Crippen molar-refractivity contribution in [2.75, 3.05) is 26.3 Å². The maximum Gasteiger partial charge on any atom is 0.135 e. The van der Waals surface area contributed by atoms with Gasteiger partial charge in [0.2, 0.25) is 0 Å². The van der Waals surface area contributed by atoms with Gasteiger partial charge in [0.05, 0.1) is 13.2 Å². The van der Waals surface area contributed by atoms with Crippen molar-refractivity contribution in [1.82, 2.24) is 0 Å². The van der Waals surface area contributed by atoms with Gasteiger partial charge in [-0.15, -0.1) is 0 Å². The van der Waals surface area contributed by atoms with E-state index in [4.69, 9.17) is 14.7 Å². The van der Waals surface area contributed by atoms with E-state index in [0.29, 0.717) is 19.2 Å². The van der Waals surface area contributed by atoms with E-state index in [9.17, 15) is 0 Å². The molecular formula is C5H9NO2S. The molecule has 0 bridgehead atoms. The SMILES string of the molecule is COCCOCSC#N.